The summed E-state index contributed by atoms with van der Waals surface area (Å²) in [4.78, 5) is 0. The first-order chi connectivity index (χ1) is 26.5. The molecule has 0 aromatic heterocycles. The molecule has 0 bridgehead atoms. The van der Waals surface area contributed by atoms with Gasteiger partial charge in [0.2, 0.25) is 0 Å². The van der Waals surface area contributed by atoms with Crippen LogP contribution in [0.1, 0.15) is 0 Å². The van der Waals surface area contributed by atoms with Gasteiger partial charge in [-0.25, -0.2) is 0 Å². The van der Waals surface area contributed by atoms with E-state index in [1.165, 1.54) is 0 Å². The highest BCUT2D eigenvalue weighted by Crippen LogP contribution is 2.35. The Kier molecular flexibility index (Phi) is 16.1. The van der Waals surface area contributed by atoms with Crippen LogP contribution >= 0.6 is 0 Å². The Morgan fingerprint density at radius 2 is 0.518 bits per heavy atom. The summed E-state index contributed by atoms with van der Waals surface area (Å²) in [5, 5.41) is 176. The van der Waals surface area contributed by atoms with Gasteiger partial charge >= 0.3 is 0 Å². The lowest BCUT2D eigenvalue weighted by Crippen LogP contribution is -2.68. The SMILES string of the molecule is OC[C@@H]1O[C@H](O[C@H]2[C@@H](O)[C@@H](O)[C@@H](O[C@H]3[C@@H](O)[C@@H](O)[C@@H](O[C@@H]4[C@@H](O)[C@@H](O)[C@@H](O[C@H]5[C@@H](O)[C@@H](O)[C@H](O)O[C@H]5CO)O[C@H]4CO)O[C@H]3CO)O[C@H]2CO)[C@H](O)[C@@H](O)[C@@H]1O. The van der Waals surface area contributed by atoms with Gasteiger partial charge in [-0.3, -0.25) is 0 Å². The number of aliphatic hydroxyl groups is 17. The zero-order valence-corrected chi connectivity index (χ0v) is 29.2. The summed E-state index contributed by atoms with van der Waals surface area (Å²) in [6.07, 6.45) is -45.8. The van der Waals surface area contributed by atoms with E-state index < -0.39 is 187 Å². The number of ether oxygens (including phenoxy) is 9. The van der Waals surface area contributed by atoms with Crippen LogP contribution in [0.3, 0.4) is 0 Å². The zero-order valence-electron chi connectivity index (χ0n) is 29.2. The topological polar surface area (TPSA) is 427 Å². The first-order valence-electron chi connectivity index (χ1n) is 17.6. The van der Waals surface area contributed by atoms with Gasteiger partial charge in [-0.1, -0.05) is 0 Å². The summed E-state index contributed by atoms with van der Waals surface area (Å²) in [7, 11) is 0. The highest BCUT2D eigenvalue weighted by molar-refractivity contribution is 4.99. The van der Waals surface area contributed by atoms with Crippen LogP contribution in [0.25, 0.3) is 0 Å². The van der Waals surface area contributed by atoms with Crippen LogP contribution in [-0.4, -0.2) is 273 Å². The van der Waals surface area contributed by atoms with Crippen LogP contribution in [-0.2, 0) is 42.6 Å². The minimum Gasteiger partial charge on any atom is -0.394 e. The lowest BCUT2D eigenvalue weighted by molar-refractivity contribution is -0.392. The molecule has 0 amide bonds. The van der Waals surface area contributed by atoms with E-state index in [2.05, 4.69) is 0 Å². The summed E-state index contributed by atoms with van der Waals surface area (Å²) in [5.74, 6) is 0. The van der Waals surface area contributed by atoms with E-state index in [1.807, 2.05) is 0 Å². The molecule has 5 aliphatic heterocycles. The fraction of sp³-hybridized carbons (Fsp3) is 1.00. The molecule has 5 rings (SSSR count). The van der Waals surface area contributed by atoms with E-state index in [0.29, 0.717) is 0 Å². The lowest BCUT2D eigenvalue weighted by atomic mass is 9.95. The second-order valence-corrected chi connectivity index (χ2v) is 13.9. The molecule has 25 atom stereocenters. The molecule has 0 spiro atoms. The van der Waals surface area contributed by atoms with E-state index in [0.717, 1.165) is 0 Å². The van der Waals surface area contributed by atoms with Crippen LogP contribution in [0, 0.1) is 0 Å². The first kappa shape index (κ1) is 46.0. The largest absolute Gasteiger partial charge is 0.394 e. The standard InChI is InChI=1S/C30H52O26/c31-1-6-11(36)12(37)18(43)27(49-6)54-23-8(3-33)51-29(20(45)14(23)39)56-25-10(5-35)52-30(21(46)16(25)41)55-24-9(4-34)50-28(19(44)15(24)40)53-22-7(2-32)48-26(47)17(42)13(22)38/h6-47H,1-5H2/t6-,7-,8-,9-,10-,11+,12-,13-,14-,15-,16-,17+,18+,19+,20+,21+,22+,23+,24-,25+,26+,27+,28+,29+,30+/m0/s1. The van der Waals surface area contributed by atoms with Gasteiger partial charge in [0.05, 0.1) is 33.0 Å². The van der Waals surface area contributed by atoms with Gasteiger partial charge in [0.1, 0.15) is 122 Å². The van der Waals surface area contributed by atoms with Gasteiger partial charge in [0, 0.05) is 0 Å². The molecule has 26 nitrogen and oxygen atoms in total. The highest BCUT2D eigenvalue weighted by Gasteiger charge is 2.56. The monoisotopic (exact) mass is 828 g/mol. The van der Waals surface area contributed by atoms with Crippen LogP contribution in [0.4, 0.5) is 0 Å². The minimum absolute atomic E-state index is 0.811. The van der Waals surface area contributed by atoms with E-state index in [-0.39, 0.29) is 0 Å². The average Bonchev–Trinajstić information content (AvgIpc) is 3.19. The summed E-state index contributed by atoms with van der Waals surface area (Å²) in [5.41, 5.74) is 0. The average molecular weight is 829 g/mol. The summed E-state index contributed by atoms with van der Waals surface area (Å²) in [6.45, 7) is -4.51. The Hall–Kier alpha value is -1.04. The number of aliphatic hydroxyl groups excluding tert-OH is 17. The van der Waals surface area contributed by atoms with Crippen LogP contribution in [0.5, 0.6) is 0 Å². The molecule has 5 heterocycles. The minimum atomic E-state index is -2.12. The molecule has 0 radical (unpaired) electrons. The molecule has 328 valence electrons. The smallest absolute Gasteiger partial charge is 0.187 e. The second-order valence-electron chi connectivity index (χ2n) is 13.9. The molecule has 0 aromatic rings. The third kappa shape index (κ3) is 9.16. The van der Waals surface area contributed by atoms with Gasteiger partial charge < -0.3 is 129 Å². The van der Waals surface area contributed by atoms with Crippen LogP contribution in [0.15, 0.2) is 0 Å². The maximum absolute atomic E-state index is 11.1. The molecule has 0 unspecified atom stereocenters. The quantitative estimate of drug-likeness (QED) is 0.0819. The normalized spacial score (nSPS) is 53.2. The predicted molar refractivity (Wildman–Crippen MR) is 167 cm³/mol. The molecule has 5 fully saturated rings. The van der Waals surface area contributed by atoms with Crippen molar-refractivity contribution in [1.82, 2.24) is 0 Å². The third-order valence-corrected chi connectivity index (χ3v) is 10.3. The van der Waals surface area contributed by atoms with Crippen molar-refractivity contribution in [3.05, 3.63) is 0 Å². The molecule has 5 aliphatic rings. The molecule has 0 saturated carbocycles. The Balaban J connectivity index is 1.22. The fourth-order valence-electron chi connectivity index (χ4n) is 7.03. The van der Waals surface area contributed by atoms with Crippen molar-refractivity contribution < 1.29 is 129 Å². The van der Waals surface area contributed by atoms with Crippen molar-refractivity contribution in [3.8, 4) is 0 Å². The Bertz CT molecular complexity index is 1200. The first-order valence-corrected chi connectivity index (χ1v) is 17.6. The molecule has 26 heteroatoms. The Morgan fingerprint density at radius 3 is 0.821 bits per heavy atom. The number of rotatable bonds is 13. The number of hydrogen-bond acceptors (Lipinski definition) is 26. The van der Waals surface area contributed by atoms with Gasteiger partial charge in [0.15, 0.2) is 31.5 Å². The molecule has 0 aromatic carbocycles. The lowest BCUT2D eigenvalue weighted by Gasteiger charge is -2.49. The van der Waals surface area contributed by atoms with E-state index in [1.54, 1.807) is 0 Å². The van der Waals surface area contributed by atoms with Gasteiger partial charge in [-0.2, -0.15) is 0 Å². The Labute approximate surface area is 316 Å². The molecular weight excluding hydrogens is 776 g/mol. The maximum Gasteiger partial charge on any atom is 0.187 e. The van der Waals surface area contributed by atoms with Crippen LogP contribution < -0.4 is 0 Å². The third-order valence-electron chi connectivity index (χ3n) is 10.3. The Morgan fingerprint density at radius 1 is 0.268 bits per heavy atom. The van der Waals surface area contributed by atoms with Crippen molar-refractivity contribution >= 4 is 0 Å². The molecule has 56 heavy (non-hydrogen) atoms. The molecule has 5 saturated heterocycles. The van der Waals surface area contributed by atoms with Crippen molar-refractivity contribution in [2.24, 2.45) is 0 Å². The van der Waals surface area contributed by atoms with E-state index >= 15 is 0 Å². The summed E-state index contributed by atoms with van der Waals surface area (Å²) >= 11 is 0. The fourth-order valence-corrected chi connectivity index (χ4v) is 7.03. The molecule has 0 aliphatic carbocycles. The highest BCUT2D eigenvalue weighted by atomic mass is 16.8. The van der Waals surface area contributed by atoms with Gasteiger partial charge in [-0.15, -0.1) is 0 Å². The molecular formula is C30H52O26. The summed E-state index contributed by atoms with van der Waals surface area (Å²) < 4.78 is 49.1. The van der Waals surface area contributed by atoms with E-state index in [4.69, 9.17) is 42.6 Å². The van der Waals surface area contributed by atoms with Crippen molar-refractivity contribution in [3.63, 3.8) is 0 Å². The summed E-state index contributed by atoms with van der Waals surface area (Å²) in [6, 6.07) is 0. The molecule has 17 N–H and O–H groups in total. The van der Waals surface area contributed by atoms with E-state index in [9.17, 15) is 86.8 Å². The zero-order chi connectivity index (χ0) is 41.3. The second kappa shape index (κ2) is 19.6. The maximum atomic E-state index is 11.1. The number of hydrogen-bond donors (Lipinski definition) is 17. The van der Waals surface area contributed by atoms with Crippen molar-refractivity contribution in [1.29, 1.82) is 0 Å². The van der Waals surface area contributed by atoms with Crippen molar-refractivity contribution in [2.45, 2.75) is 154 Å². The van der Waals surface area contributed by atoms with Crippen molar-refractivity contribution in [2.75, 3.05) is 33.0 Å². The predicted octanol–water partition coefficient (Wildman–Crippen LogP) is -11.9. The van der Waals surface area contributed by atoms with Gasteiger partial charge in [-0.05, 0) is 0 Å². The van der Waals surface area contributed by atoms with Gasteiger partial charge in [0.25, 0.3) is 0 Å². The van der Waals surface area contributed by atoms with Crippen LogP contribution in [0.2, 0.25) is 0 Å².